The number of amides is 4. The Morgan fingerprint density at radius 3 is 2.32 bits per heavy atom. The molecule has 1 spiro atoms. The molecule has 1 N–H and O–H groups in total. The van der Waals surface area contributed by atoms with Crippen LogP contribution in [0.15, 0.2) is 30.3 Å². The number of halogens is 2. The molecule has 0 aromatic heterocycles. The second kappa shape index (κ2) is 12.7. The highest BCUT2D eigenvalue weighted by Crippen LogP contribution is 2.48. The molecule has 10 heteroatoms. The van der Waals surface area contributed by atoms with Gasteiger partial charge in [0.15, 0.2) is 0 Å². The smallest absolute Gasteiger partial charge is 0.327 e. The van der Waals surface area contributed by atoms with Crippen molar-refractivity contribution >= 4 is 17.8 Å². The average molecular weight is 615 g/mol. The molecule has 0 radical (unpaired) electrons. The van der Waals surface area contributed by atoms with Crippen LogP contribution in [-0.4, -0.2) is 88.4 Å². The maximum Gasteiger partial charge on any atom is 0.327 e. The summed E-state index contributed by atoms with van der Waals surface area (Å²) in [5.74, 6) is -3.04. The molecule has 4 amide bonds. The van der Waals surface area contributed by atoms with Crippen molar-refractivity contribution < 1.29 is 27.9 Å². The molecule has 44 heavy (non-hydrogen) atoms. The molecule has 1 aromatic rings. The maximum absolute atomic E-state index is 14.2. The second-order valence-electron chi connectivity index (χ2n) is 14.2. The van der Waals surface area contributed by atoms with Crippen LogP contribution in [0.3, 0.4) is 0 Å². The topological polar surface area (TPSA) is 82.2 Å². The van der Waals surface area contributed by atoms with Gasteiger partial charge in [0, 0.05) is 62.5 Å². The third-order valence-electron chi connectivity index (χ3n) is 11.0. The van der Waals surface area contributed by atoms with E-state index < -0.39 is 11.5 Å². The number of carbonyl (C=O) groups excluding carboxylic acids is 3. The number of carbonyl (C=O) groups is 3. The Morgan fingerprint density at radius 2 is 1.70 bits per heavy atom. The predicted molar refractivity (Wildman–Crippen MR) is 162 cm³/mol. The summed E-state index contributed by atoms with van der Waals surface area (Å²) in [5, 5.41) is 3.21. The van der Waals surface area contributed by atoms with Crippen molar-refractivity contribution in [1.29, 1.82) is 0 Å². The van der Waals surface area contributed by atoms with E-state index in [2.05, 4.69) is 10.2 Å². The van der Waals surface area contributed by atoms with Gasteiger partial charge in [0.1, 0.15) is 5.54 Å². The zero-order valence-corrected chi connectivity index (χ0v) is 26.2. The number of hydrogen-bond acceptors (Lipinski definition) is 5. The Morgan fingerprint density at radius 1 is 1.02 bits per heavy atom. The van der Waals surface area contributed by atoms with Gasteiger partial charge in [-0.25, -0.2) is 13.6 Å². The molecule has 4 aliphatic heterocycles. The first-order valence-corrected chi connectivity index (χ1v) is 16.8. The first-order chi connectivity index (χ1) is 21.1. The molecule has 2 bridgehead atoms. The quantitative estimate of drug-likeness (QED) is 0.371. The van der Waals surface area contributed by atoms with Crippen molar-refractivity contribution in [2.24, 2.45) is 11.8 Å². The number of piperidine rings is 1. The Balaban J connectivity index is 1.14. The van der Waals surface area contributed by atoms with E-state index in [9.17, 15) is 23.2 Å². The normalized spacial score (nSPS) is 31.7. The lowest BCUT2D eigenvalue weighted by Gasteiger charge is -2.48. The highest BCUT2D eigenvalue weighted by Gasteiger charge is 2.63. The molecule has 1 aliphatic carbocycles. The minimum absolute atomic E-state index is 0.0363. The average Bonchev–Trinajstić information content (AvgIpc) is 3.36. The van der Waals surface area contributed by atoms with Crippen LogP contribution in [0.4, 0.5) is 13.6 Å². The van der Waals surface area contributed by atoms with E-state index >= 15 is 0 Å². The third-order valence-corrected chi connectivity index (χ3v) is 11.0. The van der Waals surface area contributed by atoms with Crippen molar-refractivity contribution in [1.82, 2.24) is 20.0 Å². The number of benzene rings is 1. The maximum atomic E-state index is 14.2. The largest absolute Gasteiger partial charge is 0.381 e. The second-order valence-corrected chi connectivity index (χ2v) is 14.2. The number of ether oxygens (including phenoxy) is 1. The van der Waals surface area contributed by atoms with Gasteiger partial charge in [-0.05, 0) is 77.2 Å². The summed E-state index contributed by atoms with van der Waals surface area (Å²) in [5.41, 5.74) is 0.201. The molecule has 242 valence electrons. The fraction of sp³-hybridized carbons (Fsp3) is 0.735. The van der Waals surface area contributed by atoms with E-state index in [1.54, 1.807) is 0 Å². The molecule has 4 heterocycles. The van der Waals surface area contributed by atoms with E-state index in [4.69, 9.17) is 4.74 Å². The van der Waals surface area contributed by atoms with Gasteiger partial charge >= 0.3 is 6.03 Å². The van der Waals surface area contributed by atoms with Crippen molar-refractivity contribution in [2.45, 2.75) is 120 Å². The number of rotatable bonds is 9. The molecule has 3 unspecified atom stereocenters. The van der Waals surface area contributed by atoms with Gasteiger partial charge in [-0.2, -0.15) is 0 Å². The number of nitrogens with one attached hydrogen (secondary N) is 1. The van der Waals surface area contributed by atoms with Crippen LogP contribution in [0.1, 0.15) is 96.1 Å². The number of nitrogens with zero attached hydrogens (tertiary/aromatic N) is 3. The lowest BCUT2D eigenvalue weighted by Crippen LogP contribution is -2.61. The molecule has 4 saturated heterocycles. The summed E-state index contributed by atoms with van der Waals surface area (Å²) in [6, 6.07) is 9.77. The van der Waals surface area contributed by atoms with Gasteiger partial charge in [0.05, 0.1) is 12.6 Å². The molecular formula is C34H48F2N4O4. The van der Waals surface area contributed by atoms with Crippen LogP contribution >= 0.6 is 0 Å². The molecule has 1 aromatic carbocycles. The van der Waals surface area contributed by atoms with Crippen LogP contribution in [0.5, 0.6) is 0 Å². The summed E-state index contributed by atoms with van der Waals surface area (Å²) in [6.07, 6.45) is 5.78. The molecule has 8 nitrogen and oxygen atoms in total. The zero-order chi connectivity index (χ0) is 31.1. The Hall–Kier alpha value is -2.59. The lowest BCUT2D eigenvalue weighted by molar-refractivity contribution is -0.139. The van der Waals surface area contributed by atoms with Gasteiger partial charge in [-0.15, -0.1) is 0 Å². The summed E-state index contributed by atoms with van der Waals surface area (Å²) in [4.78, 5) is 47.1. The van der Waals surface area contributed by atoms with Crippen LogP contribution in [0, 0.1) is 11.8 Å². The van der Waals surface area contributed by atoms with E-state index in [0.717, 1.165) is 44.4 Å². The molecule has 4 atom stereocenters. The minimum atomic E-state index is -2.67. The van der Waals surface area contributed by atoms with Gasteiger partial charge in [0.2, 0.25) is 11.8 Å². The van der Waals surface area contributed by atoms with Crippen molar-refractivity contribution in [3.8, 4) is 0 Å². The number of urea groups is 1. The fourth-order valence-electron chi connectivity index (χ4n) is 8.77. The standard InChI is InChI=1S/C34H48F2N4O4/c1-23(2)40-32(43)39(21-24-7-6-18-44-22-24)31(42)33(40)19-27-10-11-28(20-33)38(27)17-14-29(25-8-4-3-5-9-25)37-30(41)26-12-15-34(35,36)16-13-26/h3-5,8-9,23-24,26-29H,6-7,10-22H2,1-2H3,(H,37,41)/t24?,27?,28?,29-,33?/m0/s1. The van der Waals surface area contributed by atoms with Crippen LogP contribution in [-0.2, 0) is 14.3 Å². The Labute approximate surface area is 259 Å². The van der Waals surface area contributed by atoms with E-state index in [-0.39, 0.29) is 79.5 Å². The molecule has 6 rings (SSSR count). The number of imide groups is 1. The monoisotopic (exact) mass is 614 g/mol. The molecule has 1 saturated carbocycles. The van der Waals surface area contributed by atoms with E-state index in [1.165, 1.54) is 4.90 Å². The summed E-state index contributed by atoms with van der Waals surface area (Å²) in [7, 11) is 0. The Bertz CT molecular complexity index is 1180. The highest BCUT2D eigenvalue weighted by atomic mass is 19.3. The SMILES string of the molecule is CC(C)N1C(=O)N(CC2CCCOC2)C(=O)C12CC1CCC(C2)N1CC[C@H](NC(=O)C1CCC(F)(F)CC1)c1ccccc1. The van der Waals surface area contributed by atoms with Crippen molar-refractivity contribution in [2.75, 3.05) is 26.3 Å². The summed E-state index contributed by atoms with van der Waals surface area (Å²) >= 11 is 0. The number of fused-ring (bicyclic) bond motifs is 2. The van der Waals surface area contributed by atoms with Crippen LogP contribution in [0.25, 0.3) is 0 Å². The predicted octanol–water partition coefficient (Wildman–Crippen LogP) is 5.52. The van der Waals surface area contributed by atoms with Crippen LogP contribution < -0.4 is 5.32 Å². The van der Waals surface area contributed by atoms with Crippen LogP contribution in [0.2, 0.25) is 0 Å². The zero-order valence-electron chi connectivity index (χ0n) is 26.2. The van der Waals surface area contributed by atoms with Crippen molar-refractivity contribution in [3.63, 3.8) is 0 Å². The minimum Gasteiger partial charge on any atom is -0.381 e. The van der Waals surface area contributed by atoms with E-state index in [0.29, 0.717) is 32.4 Å². The third kappa shape index (κ3) is 6.13. The van der Waals surface area contributed by atoms with Gasteiger partial charge < -0.3 is 15.0 Å². The van der Waals surface area contributed by atoms with Gasteiger partial charge in [-0.3, -0.25) is 19.4 Å². The first-order valence-electron chi connectivity index (χ1n) is 16.8. The van der Waals surface area contributed by atoms with E-state index in [1.807, 2.05) is 49.1 Å². The molecule has 5 aliphatic rings. The highest BCUT2D eigenvalue weighted by molar-refractivity contribution is 6.07. The summed E-state index contributed by atoms with van der Waals surface area (Å²) < 4.78 is 33.1. The number of alkyl halides is 2. The number of hydrogen-bond donors (Lipinski definition) is 1. The lowest BCUT2D eigenvalue weighted by atomic mass is 9.80. The van der Waals surface area contributed by atoms with Gasteiger partial charge in [0.25, 0.3) is 5.91 Å². The summed E-state index contributed by atoms with van der Waals surface area (Å²) in [6.45, 7) is 6.54. The molecule has 5 fully saturated rings. The van der Waals surface area contributed by atoms with Crippen molar-refractivity contribution in [3.05, 3.63) is 35.9 Å². The van der Waals surface area contributed by atoms with Gasteiger partial charge in [-0.1, -0.05) is 30.3 Å². The Kier molecular flexibility index (Phi) is 9.03. The molecular weight excluding hydrogens is 566 g/mol. The first kappa shape index (κ1) is 31.4. The fourth-order valence-corrected chi connectivity index (χ4v) is 8.77.